The zero-order chi connectivity index (χ0) is 24.6. The van der Waals surface area contributed by atoms with Crippen LogP contribution in [0.5, 0.6) is 5.75 Å². The van der Waals surface area contributed by atoms with Crippen LogP contribution in [0.3, 0.4) is 0 Å². The Labute approximate surface area is 190 Å². The Morgan fingerprint density at radius 2 is 1.12 bits per heavy atom. The SMILES string of the molecule is Cc1ccc(-c2ccc(C(F)(F)Oc3ccc(-c4cc(F)c(F)c(F)c4)c(F)c3F)cc2)cc1. The van der Waals surface area contributed by atoms with Gasteiger partial charge in [-0.1, -0.05) is 42.0 Å². The summed E-state index contributed by atoms with van der Waals surface area (Å²) in [4.78, 5) is 0. The lowest BCUT2D eigenvalue weighted by atomic mass is 10.0. The van der Waals surface area contributed by atoms with E-state index in [9.17, 15) is 30.7 Å². The summed E-state index contributed by atoms with van der Waals surface area (Å²) in [7, 11) is 0. The van der Waals surface area contributed by atoms with E-state index in [-0.39, 0.29) is 0 Å². The van der Waals surface area contributed by atoms with Crippen LogP contribution in [0.25, 0.3) is 22.3 Å². The Hall–Kier alpha value is -3.81. The van der Waals surface area contributed by atoms with Gasteiger partial charge in [0.1, 0.15) is 0 Å². The van der Waals surface area contributed by atoms with Crippen molar-refractivity contribution >= 4 is 0 Å². The Bertz CT molecular complexity index is 1320. The van der Waals surface area contributed by atoms with Gasteiger partial charge in [0, 0.05) is 5.56 Å². The van der Waals surface area contributed by atoms with Crippen LogP contribution >= 0.6 is 0 Å². The van der Waals surface area contributed by atoms with Crippen LogP contribution in [0.15, 0.2) is 72.8 Å². The smallest absolute Gasteiger partial charge is 0.426 e. The van der Waals surface area contributed by atoms with E-state index in [2.05, 4.69) is 4.74 Å². The molecule has 8 heteroatoms. The molecule has 0 saturated carbocycles. The lowest BCUT2D eigenvalue weighted by Gasteiger charge is -2.19. The van der Waals surface area contributed by atoms with Crippen LogP contribution in [0, 0.1) is 36.0 Å². The van der Waals surface area contributed by atoms with Gasteiger partial charge in [-0.05, 0) is 60.0 Å². The lowest BCUT2D eigenvalue weighted by Crippen LogP contribution is -2.22. The van der Waals surface area contributed by atoms with Gasteiger partial charge in [-0.25, -0.2) is 17.6 Å². The topological polar surface area (TPSA) is 9.23 Å². The van der Waals surface area contributed by atoms with Gasteiger partial charge in [-0.3, -0.25) is 0 Å². The van der Waals surface area contributed by atoms with Gasteiger partial charge in [-0.15, -0.1) is 0 Å². The molecule has 4 aromatic rings. The standard InChI is InChI=1S/C26H15F7O/c1-14-2-4-15(5-3-14)16-6-8-18(9-7-16)26(32,33)34-22-11-10-19(23(29)25(22)31)17-12-20(27)24(30)21(28)13-17/h2-13H,1H3. The van der Waals surface area contributed by atoms with E-state index in [1.54, 1.807) is 0 Å². The third-order valence-electron chi connectivity index (χ3n) is 5.19. The molecule has 4 aromatic carbocycles. The number of ether oxygens (including phenoxy) is 1. The van der Waals surface area contributed by atoms with E-state index in [1.165, 1.54) is 12.1 Å². The van der Waals surface area contributed by atoms with Crippen molar-refractivity contribution in [3.63, 3.8) is 0 Å². The van der Waals surface area contributed by atoms with E-state index in [4.69, 9.17) is 0 Å². The van der Waals surface area contributed by atoms with Crippen molar-refractivity contribution in [3.05, 3.63) is 113 Å². The number of alkyl halides is 2. The normalized spacial score (nSPS) is 11.5. The fourth-order valence-corrected chi connectivity index (χ4v) is 3.34. The molecule has 0 radical (unpaired) electrons. The van der Waals surface area contributed by atoms with Crippen LogP contribution in [-0.4, -0.2) is 0 Å². The Kier molecular flexibility index (Phi) is 6.08. The minimum absolute atomic E-state index is 0.459. The maximum absolute atomic E-state index is 14.7. The fraction of sp³-hybridized carbons (Fsp3) is 0.0769. The van der Waals surface area contributed by atoms with Crippen molar-refractivity contribution in [1.82, 2.24) is 0 Å². The van der Waals surface area contributed by atoms with Crippen molar-refractivity contribution < 1.29 is 35.5 Å². The molecule has 0 unspecified atom stereocenters. The van der Waals surface area contributed by atoms with Gasteiger partial charge >= 0.3 is 6.11 Å². The maximum Gasteiger partial charge on any atom is 0.426 e. The zero-order valence-electron chi connectivity index (χ0n) is 17.5. The third-order valence-corrected chi connectivity index (χ3v) is 5.19. The van der Waals surface area contributed by atoms with Crippen molar-refractivity contribution in [2.24, 2.45) is 0 Å². The first kappa shape index (κ1) is 23.4. The third kappa shape index (κ3) is 4.48. The summed E-state index contributed by atoms with van der Waals surface area (Å²) in [5, 5.41) is 0. The summed E-state index contributed by atoms with van der Waals surface area (Å²) in [6, 6.07) is 14.9. The summed E-state index contributed by atoms with van der Waals surface area (Å²) >= 11 is 0. The highest BCUT2D eigenvalue weighted by Gasteiger charge is 2.36. The molecule has 4 rings (SSSR count). The van der Waals surface area contributed by atoms with Crippen LogP contribution in [-0.2, 0) is 6.11 Å². The van der Waals surface area contributed by atoms with Gasteiger partial charge in [-0.2, -0.15) is 13.2 Å². The van der Waals surface area contributed by atoms with E-state index < -0.39 is 57.6 Å². The second-order valence-electron chi connectivity index (χ2n) is 7.56. The highest BCUT2D eigenvalue weighted by atomic mass is 19.3. The van der Waals surface area contributed by atoms with Crippen LogP contribution in [0.2, 0.25) is 0 Å². The number of benzene rings is 4. The largest absolute Gasteiger partial charge is 0.426 e. The van der Waals surface area contributed by atoms with E-state index in [0.29, 0.717) is 23.8 Å². The summed E-state index contributed by atoms with van der Waals surface area (Å²) < 4.78 is 103. The molecule has 34 heavy (non-hydrogen) atoms. The van der Waals surface area contributed by atoms with E-state index >= 15 is 0 Å². The second-order valence-corrected chi connectivity index (χ2v) is 7.56. The predicted molar refractivity (Wildman–Crippen MR) is 113 cm³/mol. The molecule has 0 aliphatic carbocycles. The molecule has 0 aliphatic rings. The molecule has 0 aromatic heterocycles. The number of aryl methyl sites for hydroxylation is 1. The molecule has 0 fully saturated rings. The first-order valence-electron chi connectivity index (χ1n) is 9.94. The average molecular weight is 476 g/mol. The van der Waals surface area contributed by atoms with E-state index in [0.717, 1.165) is 29.3 Å². The quantitative estimate of drug-likeness (QED) is 0.209. The average Bonchev–Trinajstić information content (AvgIpc) is 2.81. The summed E-state index contributed by atoms with van der Waals surface area (Å²) in [5.74, 6) is -9.60. The number of hydrogen-bond acceptors (Lipinski definition) is 1. The van der Waals surface area contributed by atoms with Gasteiger partial charge in [0.15, 0.2) is 29.0 Å². The number of halogens is 7. The lowest BCUT2D eigenvalue weighted by molar-refractivity contribution is -0.187. The first-order valence-corrected chi connectivity index (χ1v) is 9.94. The monoisotopic (exact) mass is 476 g/mol. The molecule has 0 aliphatic heterocycles. The summed E-state index contributed by atoms with van der Waals surface area (Å²) in [5.41, 5.74) is 0.732. The molecular formula is C26H15F7O. The summed E-state index contributed by atoms with van der Waals surface area (Å²) in [6.07, 6.45) is -4.02. The molecular weight excluding hydrogens is 461 g/mol. The molecule has 0 bridgehead atoms. The molecule has 0 saturated heterocycles. The Balaban J connectivity index is 1.60. The van der Waals surface area contributed by atoms with Crippen LogP contribution in [0.4, 0.5) is 30.7 Å². The van der Waals surface area contributed by atoms with Crippen LogP contribution in [0.1, 0.15) is 11.1 Å². The number of hydrogen-bond donors (Lipinski definition) is 0. The fourth-order valence-electron chi connectivity index (χ4n) is 3.34. The minimum Gasteiger partial charge on any atom is -0.426 e. The molecule has 0 spiro atoms. The number of rotatable bonds is 5. The molecule has 0 atom stereocenters. The minimum atomic E-state index is -4.02. The maximum atomic E-state index is 14.7. The van der Waals surface area contributed by atoms with Gasteiger partial charge < -0.3 is 4.74 Å². The van der Waals surface area contributed by atoms with Gasteiger partial charge in [0.05, 0.1) is 5.56 Å². The Morgan fingerprint density at radius 3 is 1.68 bits per heavy atom. The molecule has 0 heterocycles. The van der Waals surface area contributed by atoms with Crippen molar-refractivity contribution in [1.29, 1.82) is 0 Å². The summed E-state index contributed by atoms with van der Waals surface area (Å²) in [6.45, 7) is 1.91. The molecule has 1 nitrogen and oxygen atoms in total. The highest BCUT2D eigenvalue weighted by Crippen LogP contribution is 2.37. The van der Waals surface area contributed by atoms with Gasteiger partial charge in [0.2, 0.25) is 5.82 Å². The first-order chi connectivity index (χ1) is 16.1. The highest BCUT2D eigenvalue weighted by molar-refractivity contribution is 5.66. The predicted octanol–water partition coefficient (Wildman–Crippen LogP) is 8.15. The molecule has 174 valence electrons. The Morgan fingerprint density at radius 1 is 0.588 bits per heavy atom. The second kappa shape index (κ2) is 8.85. The molecule has 0 amide bonds. The zero-order valence-corrected chi connectivity index (χ0v) is 17.5. The van der Waals surface area contributed by atoms with Crippen LogP contribution < -0.4 is 4.74 Å². The van der Waals surface area contributed by atoms with Crippen molar-refractivity contribution in [2.45, 2.75) is 13.0 Å². The van der Waals surface area contributed by atoms with Crippen molar-refractivity contribution in [2.75, 3.05) is 0 Å². The molecule has 0 N–H and O–H groups in total. The van der Waals surface area contributed by atoms with Gasteiger partial charge in [0.25, 0.3) is 0 Å². The van der Waals surface area contributed by atoms with E-state index in [1.807, 2.05) is 31.2 Å². The van der Waals surface area contributed by atoms with Crippen molar-refractivity contribution in [3.8, 4) is 28.0 Å².